The Kier molecular flexibility index (Phi) is 8.02. The highest BCUT2D eigenvalue weighted by molar-refractivity contribution is 7.26. The topological polar surface area (TPSA) is 49.6 Å². The Morgan fingerprint density at radius 1 is 0.750 bits per heavy atom. The first kappa shape index (κ1) is 32.0. The number of nitriles is 1. The molecule has 3 nitrogen and oxygen atoms in total. The lowest BCUT2D eigenvalue weighted by Crippen LogP contribution is -2.28. The molecule has 1 saturated carbocycles. The minimum atomic E-state index is -0.0112. The molecule has 2 aliphatic carbocycles. The van der Waals surface area contributed by atoms with Crippen LogP contribution in [0.25, 0.3) is 70.6 Å². The third-order valence-electron chi connectivity index (χ3n) is 11.0. The average molecular weight is 688 g/mol. The second-order valence-electron chi connectivity index (χ2n) is 14.0. The summed E-state index contributed by atoms with van der Waals surface area (Å²) in [6.45, 7) is 6.36. The van der Waals surface area contributed by atoms with Crippen molar-refractivity contribution in [3.8, 4) is 51.0 Å². The largest absolute Gasteiger partial charge is 0.228 e. The maximum Gasteiger partial charge on any atom is 0.160 e. The van der Waals surface area contributed by atoms with E-state index in [0.29, 0.717) is 5.82 Å². The molecule has 0 bridgehead atoms. The first-order valence-corrected chi connectivity index (χ1v) is 19.0. The molecule has 1 fully saturated rings. The number of benzene rings is 5. The number of hydrogen-bond donors (Lipinski definition) is 0. The van der Waals surface area contributed by atoms with Crippen LogP contribution in [-0.2, 0) is 5.41 Å². The smallest absolute Gasteiger partial charge is 0.160 e. The molecule has 0 unspecified atom stereocenters. The van der Waals surface area contributed by atoms with Crippen LogP contribution in [0.3, 0.4) is 0 Å². The van der Waals surface area contributed by atoms with E-state index in [1.807, 2.05) is 66.8 Å². The maximum atomic E-state index is 9.84. The van der Waals surface area contributed by atoms with Gasteiger partial charge in [0.25, 0.3) is 0 Å². The van der Waals surface area contributed by atoms with Crippen LogP contribution in [0.2, 0.25) is 0 Å². The van der Waals surface area contributed by atoms with Gasteiger partial charge in [0.05, 0.1) is 23.0 Å². The summed E-state index contributed by atoms with van der Waals surface area (Å²) >= 11 is 1.82. The average Bonchev–Trinajstić information content (AvgIpc) is 3.71. The quantitative estimate of drug-likeness (QED) is 0.164. The van der Waals surface area contributed by atoms with Crippen LogP contribution in [0.4, 0.5) is 0 Å². The van der Waals surface area contributed by atoms with Crippen molar-refractivity contribution in [1.82, 2.24) is 9.97 Å². The molecule has 250 valence electrons. The molecule has 5 aromatic carbocycles. The van der Waals surface area contributed by atoms with Crippen molar-refractivity contribution in [1.29, 1.82) is 5.26 Å². The molecule has 0 amide bonds. The van der Waals surface area contributed by atoms with Crippen LogP contribution < -0.4 is 0 Å². The van der Waals surface area contributed by atoms with E-state index in [-0.39, 0.29) is 5.41 Å². The first-order valence-electron chi connectivity index (χ1n) is 18.2. The lowest BCUT2D eigenvalue weighted by atomic mass is 9.67. The Hall–Kier alpha value is -5.89. The van der Waals surface area contributed by atoms with Crippen molar-refractivity contribution in [2.24, 2.45) is 0 Å². The fraction of sp³-hybridized carbons (Fsp3) is 0.146. The lowest BCUT2D eigenvalue weighted by Gasteiger charge is -2.36. The summed E-state index contributed by atoms with van der Waals surface area (Å²) in [5.74, 6) is 0.685. The van der Waals surface area contributed by atoms with Gasteiger partial charge in [-0.2, -0.15) is 5.26 Å². The van der Waals surface area contributed by atoms with Crippen molar-refractivity contribution in [3.05, 3.63) is 162 Å². The van der Waals surface area contributed by atoms with Gasteiger partial charge in [0, 0.05) is 36.7 Å². The van der Waals surface area contributed by atoms with Gasteiger partial charge in [0.15, 0.2) is 5.82 Å². The van der Waals surface area contributed by atoms with Crippen molar-refractivity contribution in [3.63, 3.8) is 0 Å². The van der Waals surface area contributed by atoms with Crippen molar-refractivity contribution < 1.29 is 0 Å². The number of allylic oxidation sites excluding steroid dienone is 5. The highest BCUT2D eigenvalue weighted by Gasteiger charge is 2.44. The predicted octanol–water partition coefficient (Wildman–Crippen LogP) is 13.1. The Labute approximate surface area is 309 Å². The van der Waals surface area contributed by atoms with Gasteiger partial charge in [-0.15, -0.1) is 11.3 Å². The molecule has 2 aromatic heterocycles. The zero-order chi connectivity index (χ0) is 35.2. The van der Waals surface area contributed by atoms with E-state index in [0.717, 1.165) is 46.5 Å². The fourth-order valence-electron chi connectivity index (χ4n) is 8.55. The van der Waals surface area contributed by atoms with E-state index in [2.05, 4.69) is 97.6 Å². The standard InChI is InChI=1S/C48H37N3S/c1-3-4-7-14-31(2)42-29-43(51-47(50-42)33-15-8-5-9-16-33)38-19-12-18-36-39-28-34(22-24-44(39)52-46(36)38)35-17-13-20-40-45(35)37-23-21-32(30-49)27-41(37)48(40)25-10-6-11-26-48/h3-5,7-9,12-24,27-29H,2,6,10-11,25-26H2,1H3/b4-3-,14-7-. The number of fused-ring (bicyclic) bond motifs is 8. The van der Waals surface area contributed by atoms with Gasteiger partial charge >= 0.3 is 0 Å². The number of nitrogens with zero attached hydrogens (tertiary/aromatic N) is 3. The van der Waals surface area contributed by atoms with E-state index >= 15 is 0 Å². The van der Waals surface area contributed by atoms with Crippen molar-refractivity contribution in [2.45, 2.75) is 44.4 Å². The molecule has 0 saturated heterocycles. The Bertz CT molecular complexity index is 2650. The van der Waals surface area contributed by atoms with E-state index in [1.54, 1.807) is 0 Å². The van der Waals surface area contributed by atoms with Crippen LogP contribution in [0.1, 0.15) is 61.4 Å². The van der Waals surface area contributed by atoms with Gasteiger partial charge in [-0.25, -0.2) is 9.97 Å². The van der Waals surface area contributed by atoms with Gasteiger partial charge in [-0.3, -0.25) is 0 Å². The minimum absolute atomic E-state index is 0.0112. The molecular weight excluding hydrogens is 651 g/mol. The third kappa shape index (κ3) is 5.24. The fourth-order valence-corrected chi connectivity index (χ4v) is 9.76. The zero-order valence-corrected chi connectivity index (χ0v) is 30.0. The summed E-state index contributed by atoms with van der Waals surface area (Å²) in [6.07, 6.45) is 14.0. The van der Waals surface area contributed by atoms with E-state index in [9.17, 15) is 5.26 Å². The molecule has 2 aliphatic rings. The Balaban J connectivity index is 1.20. The molecule has 0 atom stereocenters. The number of hydrogen-bond acceptors (Lipinski definition) is 4. The van der Waals surface area contributed by atoms with Crippen LogP contribution in [0.15, 0.2) is 140 Å². The molecule has 4 heteroatoms. The zero-order valence-electron chi connectivity index (χ0n) is 29.2. The summed E-state index contributed by atoms with van der Waals surface area (Å²) in [7, 11) is 0. The lowest BCUT2D eigenvalue weighted by molar-refractivity contribution is 0.353. The first-order chi connectivity index (χ1) is 25.6. The van der Waals surface area contributed by atoms with Gasteiger partial charge in [-0.1, -0.05) is 129 Å². The monoisotopic (exact) mass is 687 g/mol. The number of aromatic nitrogens is 2. The Morgan fingerprint density at radius 2 is 1.58 bits per heavy atom. The SMILES string of the molecule is C=C(/C=C\C=C/C)c1cc(-c2cccc3c2sc2ccc(-c4cccc5c4-c4ccc(C#N)cc4C54CCCCC4)cc23)nc(-c2ccccc2)n1. The van der Waals surface area contributed by atoms with Gasteiger partial charge < -0.3 is 0 Å². The highest BCUT2D eigenvalue weighted by atomic mass is 32.1. The minimum Gasteiger partial charge on any atom is -0.228 e. The van der Waals surface area contributed by atoms with E-state index in [4.69, 9.17) is 9.97 Å². The second kappa shape index (κ2) is 13.0. The summed E-state index contributed by atoms with van der Waals surface area (Å²) in [6, 6.07) is 41.5. The summed E-state index contributed by atoms with van der Waals surface area (Å²) in [5.41, 5.74) is 13.2. The molecule has 0 N–H and O–H groups in total. The van der Waals surface area contributed by atoms with Gasteiger partial charge in [-0.05, 0) is 89.1 Å². The van der Waals surface area contributed by atoms with Gasteiger partial charge in [0.2, 0.25) is 0 Å². The van der Waals surface area contributed by atoms with E-state index < -0.39 is 0 Å². The second-order valence-corrected chi connectivity index (χ2v) is 15.0. The summed E-state index contributed by atoms with van der Waals surface area (Å²) < 4.78 is 2.46. The normalized spacial score (nSPS) is 14.7. The van der Waals surface area contributed by atoms with Gasteiger partial charge in [0.1, 0.15) is 0 Å². The highest BCUT2D eigenvalue weighted by Crippen LogP contribution is 2.58. The summed E-state index contributed by atoms with van der Waals surface area (Å²) in [4.78, 5) is 10.1. The van der Waals surface area contributed by atoms with Crippen LogP contribution in [0, 0.1) is 11.3 Å². The van der Waals surface area contributed by atoms with Crippen LogP contribution in [0.5, 0.6) is 0 Å². The van der Waals surface area contributed by atoms with Crippen molar-refractivity contribution in [2.75, 3.05) is 0 Å². The van der Waals surface area contributed by atoms with E-state index in [1.165, 1.54) is 72.8 Å². The molecule has 9 rings (SSSR count). The van der Waals surface area contributed by atoms with Crippen LogP contribution in [-0.4, -0.2) is 9.97 Å². The number of thiophene rings is 1. The summed E-state index contributed by atoms with van der Waals surface area (Å²) in [5, 5.41) is 12.3. The molecule has 1 spiro atoms. The molecule has 2 heterocycles. The number of rotatable bonds is 6. The molecule has 7 aromatic rings. The third-order valence-corrected chi connectivity index (χ3v) is 12.2. The Morgan fingerprint density at radius 3 is 2.40 bits per heavy atom. The maximum absolute atomic E-state index is 9.84. The molecule has 52 heavy (non-hydrogen) atoms. The molecule has 0 radical (unpaired) electrons. The molecular formula is C48H37N3S. The molecule has 0 aliphatic heterocycles. The van der Waals surface area contributed by atoms with Crippen LogP contribution >= 0.6 is 11.3 Å². The predicted molar refractivity (Wildman–Crippen MR) is 218 cm³/mol. The van der Waals surface area contributed by atoms with Crippen molar-refractivity contribution >= 4 is 37.1 Å².